The maximum atomic E-state index is 12.7. The quantitative estimate of drug-likeness (QED) is 0.823. The van der Waals surface area contributed by atoms with Gasteiger partial charge in [-0.1, -0.05) is 48.5 Å². The van der Waals surface area contributed by atoms with Crippen LogP contribution in [0.15, 0.2) is 48.5 Å². The fourth-order valence-corrected chi connectivity index (χ4v) is 5.70. The summed E-state index contributed by atoms with van der Waals surface area (Å²) in [4.78, 5) is 25.1. The molecule has 1 fully saturated rings. The Balaban J connectivity index is 1.51. The summed E-state index contributed by atoms with van der Waals surface area (Å²) < 4.78 is 29.3. The topological polar surface area (TPSA) is 101 Å². The normalized spacial score (nSPS) is 20.0. The predicted molar refractivity (Wildman–Crippen MR) is 106 cm³/mol. The molecule has 2 aliphatic rings. The number of hydrogen-bond acceptors (Lipinski definition) is 5. The van der Waals surface area contributed by atoms with E-state index in [4.69, 9.17) is 9.84 Å². The maximum Gasteiger partial charge on any atom is 0.410 e. The molecule has 1 heterocycles. The molecule has 0 bridgehead atoms. The van der Waals surface area contributed by atoms with Crippen molar-refractivity contribution in [3.05, 3.63) is 59.7 Å². The van der Waals surface area contributed by atoms with Gasteiger partial charge in [-0.25, -0.2) is 13.2 Å². The van der Waals surface area contributed by atoms with E-state index in [1.165, 1.54) is 4.90 Å². The van der Waals surface area contributed by atoms with Gasteiger partial charge in [-0.15, -0.1) is 0 Å². The molecule has 2 aromatic rings. The Morgan fingerprint density at radius 3 is 2.21 bits per heavy atom. The average molecular weight is 415 g/mol. The lowest BCUT2D eigenvalue weighted by Crippen LogP contribution is -2.52. The van der Waals surface area contributed by atoms with Gasteiger partial charge < -0.3 is 14.7 Å². The van der Waals surface area contributed by atoms with Crippen LogP contribution in [0.5, 0.6) is 0 Å². The zero-order valence-corrected chi connectivity index (χ0v) is 16.5. The number of amides is 1. The van der Waals surface area contributed by atoms with Crippen LogP contribution in [0.1, 0.15) is 23.5 Å². The Hall–Kier alpha value is -2.87. The van der Waals surface area contributed by atoms with Crippen molar-refractivity contribution in [3.8, 4) is 11.1 Å². The lowest BCUT2D eigenvalue weighted by Gasteiger charge is -2.34. The van der Waals surface area contributed by atoms with Crippen LogP contribution in [0.3, 0.4) is 0 Å². The number of rotatable bonds is 4. The zero-order chi connectivity index (χ0) is 20.6. The van der Waals surface area contributed by atoms with Crippen LogP contribution < -0.4 is 0 Å². The van der Waals surface area contributed by atoms with Crippen molar-refractivity contribution >= 4 is 21.9 Å². The first-order chi connectivity index (χ1) is 13.9. The fourth-order valence-electron chi connectivity index (χ4n) is 4.17. The van der Waals surface area contributed by atoms with Crippen LogP contribution in [0.2, 0.25) is 0 Å². The standard InChI is InChI=1S/C21H21NO6S/c23-20(24)11-14-13-29(26,27)10-9-22(14)21(25)28-12-19-17-7-3-1-5-15(17)16-6-2-4-8-18(16)19/h1-8,14,19H,9-13H2,(H,23,24). The van der Waals surface area contributed by atoms with E-state index in [2.05, 4.69) is 0 Å². The van der Waals surface area contributed by atoms with Gasteiger partial charge in [-0.05, 0) is 22.3 Å². The number of carbonyl (C=O) groups excluding carboxylic acids is 1. The van der Waals surface area contributed by atoms with Gasteiger partial charge in [0.1, 0.15) is 6.61 Å². The van der Waals surface area contributed by atoms with Crippen molar-refractivity contribution in [2.45, 2.75) is 18.4 Å². The molecule has 7 nitrogen and oxygen atoms in total. The highest BCUT2D eigenvalue weighted by Crippen LogP contribution is 2.44. The molecule has 1 aliphatic heterocycles. The van der Waals surface area contributed by atoms with E-state index < -0.39 is 34.4 Å². The number of benzene rings is 2. The minimum absolute atomic E-state index is 0.0586. The number of nitrogens with zero attached hydrogens (tertiary/aromatic N) is 1. The Morgan fingerprint density at radius 2 is 1.62 bits per heavy atom. The highest BCUT2D eigenvalue weighted by molar-refractivity contribution is 7.91. The molecular weight excluding hydrogens is 394 g/mol. The summed E-state index contributed by atoms with van der Waals surface area (Å²) in [6.45, 7) is 0.0485. The molecule has 1 unspecified atom stereocenters. The van der Waals surface area contributed by atoms with Gasteiger partial charge in [0.2, 0.25) is 0 Å². The number of fused-ring (bicyclic) bond motifs is 3. The summed E-state index contributed by atoms with van der Waals surface area (Å²) in [6, 6.07) is 15.0. The molecule has 4 rings (SSSR count). The van der Waals surface area contributed by atoms with Gasteiger partial charge >= 0.3 is 12.1 Å². The third kappa shape index (κ3) is 3.85. The van der Waals surface area contributed by atoms with Crippen LogP contribution >= 0.6 is 0 Å². The molecule has 8 heteroatoms. The number of carboxylic acids is 1. The second-order valence-corrected chi connectivity index (χ2v) is 9.59. The molecule has 1 saturated heterocycles. The van der Waals surface area contributed by atoms with Crippen LogP contribution in [0.25, 0.3) is 11.1 Å². The average Bonchev–Trinajstić information content (AvgIpc) is 2.99. The second kappa shape index (κ2) is 7.51. The number of sulfone groups is 1. The summed E-state index contributed by atoms with van der Waals surface area (Å²) >= 11 is 0. The Bertz CT molecular complexity index is 1020. The van der Waals surface area contributed by atoms with E-state index in [0.717, 1.165) is 22.3 Å². The van der Waals surface area contributed by atoms with Gasteiger partial charge in [0.05, 0.1) is 24.0 Å². The van der Waals surface area contributed by atoms with E-state index >= 15 is 0 Å². The molecule has 29 heavy (non-hydrogen) atoms. The number of hydrogen-bond donors (Lipinski definition) is 1. The van der Waals surface area contributed by atoms with Gasteiger partial charge in [-0.2, -0.15) is 0 Å². The number of ether oxygens (including phenoxy) is 1. The summed E-state index contributed by atoms with van der Waals surface area (Å²) in [5.74, 6) is -1.81. The van der Waals surface area contributed by atoms with Crippen LogP contribution in [0, 0.1) is 0 Å². The first kappa shape index (κ1) is 19.4. The van der Waals surface area contributed by atoms with Crippen LogP contribution in [-0.2, 0) is 19.4 Å². The van der Waals surface area contributed by atoms with E-state index in [1.807, 2.05) is 48.5 Å². The number of carboxylic acid groups (broad SMARTS) is 1. The molecule has 0 spiro atoms. The van der Waals surface area contributed by atoms with Crippen molar-refractivity contribution < 1.29 is 27.9 Å². The van der Waals surface area contributed by atoms with E-state index in [9.17, 15) is 18.0 Å². The van der Waals surface area contributed by atoms with Gasteiger partial charge in [-0.3, -0.25) is 4.79 Å². The molecular formula is C21H21NO6S. The third-order valence-electron chi connectivity index (χ3n) is 5.51. The largest absolute Gasteiger partial charge is 0.481 e. The van der Waals surface area contributed by atoms with Crippen molar-refractivity contribution in [3.63, 3.8) is 0 Å². The van der Waals surface area contributed by atoms with Crippen molar-refractivity contribution in [1.29, 1.82) is 0 Å². The summed E-state index contributed by atoms with van der Waals surface area (Å²) in [5.41, 5.74) is 4.36. The summed E-state index contributed by atoms with van der Waals surface area (Å²) in [6.07, 6.45) is -1.10. The van der Waals surface area contributed by atoms with Gasteiger partial charge in [0.25, 0.3) is 0 Å². The highest BCUT2D eigenvalue weighted by atomic mass is 32.2. The fraction of sp³-hybridized carbons (Fsp3) is 0.333. The highest BCUT2D eigenvalue weighted by Gasteiger charge is 2.37. The smallest absolute Gasteiger partial charge is 0.410 e. The molecule has 1 amide bonds. The second-order valence-electron chi connectivity index (χ2n) is 7.36. The lowest BCUT2D eigenvalue weighted by atomic mass is 9.98. The van der Waals surface area contributed by atoms with E-state index in [-0.39, 0.29) is 30.6 Å². The van der Waals surface area contributed by atoms with Gasteiger partial charge in [0, 0.05) is 12.5 Å². The molecule has 0 radical (unpaired) electrons. The maximum absolute atomic E-state index is 12.7. The molecule has 0 aromatic heterocycles. The molecule has 152 valence electrons. The zero-order valence-electron chi connectivity index (χ0n) is 15.7. The summed E-state index contributed by atoms with van der Waals surface area (Å²) in [5, 5.41) is 9.08. The minimum Gasteiger partial charge on any atom is -0.481 e. The predicted octanol–water partition coefficient (Wildman–Crippen LogP) is 2.51. The van der Waals surface area contributed by atoms with Gasteiger partial charge in [0.15, 0.2) is 9.84 Å². The van der Waals surface area contributed by atoms with E-state index in [1.54, 1.807) is 0 Å². The monoisotopic (exact) mass is 415 g/mol. The molecule has 0 saturated carbocycles. The number of carbonyl (C=O) groups is 2. The third-order valence-corrected chi connectivity index (χ3v) is 7.21. The van der Waals surface area contributed by atoms with E-state index in [0.29, 0.717) is 0 Å². The minimum atomic E-state index is -3.37. The lowest BCUT2D eigenvalue weighted by molar-refractivity contribution is -0.138. The number of aliphatic carboxylic acids is 1. The Labute approximate surface area is 168 Å². The van der Waals surface area contributed by atoms with Crippen molar-refractivity contribution in [1.82, 2.24) is 4.90 Å². The van der Waals surface area contributed by atoms with Crippen LogP contribution in [-0.4, -0.2) is 61.2 Å². The summed E-state index contributed by atoms with van der Waals surface area (Å²) in [7, 11) is -3.37. The molecule has 1 aliphatic carbocycles. The first-order valence-electron chi connectivity index (χ1n) is 9.39. The molecule has 2 aromatic carbocycles. The van der Waals surface area contributed by atoms with Crippen LogP contribution in [0.4, 0.5) is 4.79 Å². The SMILES string of the molecule is O=C(O)CC1CS(=O)(=O)CCN1C(=O)OCC1c2ccccc2-c2ccccc21. The Kier molecular flexibility index (Phi) is 5.04. The first-order valence-corrected chi connectivity index (χ1v) is 11.2. The molecule has 1 atom stereocenters. The Morgan fingerprint density at radius 1 is 1.03 bits per heavy atom. The molecule has 1 N–H and O–H groups in total. The van der Waals surface area contributed by atoms with Crippen molar-refractivity contribution in [2.24, 2.45) is 0 Å². The van der Waals surface area contributed by atoms with Crippen molar-refractivity contribution in [2.75, 3.05) is 24.7 Å².